The highest BCUT2D eigenvalue weighted by atomic mass is 16.5. The molecule has 1 fully saturated rings. The molecular weight excluding hydrogens is 228 g/mol. The Labute approximate surface area is 110 Å². The number of ether oxygens (including phenoxy) is 1. The summed E-state index contributed by atoms with van der Waals surface area (Å²) in [6.45, 7) is 4.65. The van der Waals surface area contributed by atoms with E-state index in [9.17, 15) is 9.59 Å². The number of carbonyl (C=O) groups is 2. The molecule has 1 saturated carbocycles. The van der Waals surface area contributed by atoms with Crippen molar-refractivity contribution in [3.05, 3.63) is 0 Å². The van der Waals surface area contributed by atoms with Crippen molar-refractivity contribution in [3.63, 3.8) is 0 Å². The largest absolute Gasteiger partial charge is 0.466 e. The Bertz CT molecular complexity index is 273. The lowest BCUT2D eigenvalue weighted by Crippen LogP contribution is -2.19. The molecule has 1 rings (SSSR count). The lowest BCUT2D eigenvalue weighted by Gasteiger charge is -2.17. The van der Waals surface area contributed by atoms with E-state index in [1.807, 2.05) is 6.92 Å². The summed E-state index contributed by atoms with van der Waals surface area (Å²) in [5.74, 6) is 0.584. The summed E-state index contributed by atoms with van der Waals surface area (Å²) >= 11 is 0. The molecule has 0 unspecified atom stereocenters. The second-order valence-electron chi connectivity index (χ2n) is 5.29. The first-order valence-corrected chi connectivity index (χ1v) is 7.37. The van der Waals surface area contributed by atoms with E-state index in [4.69, 9.17) is 4.74 Å². The highest BCUT2D eigenvalue weighted by molar-refractivity contribution is 5.84. The molecule has 2 atom stereocenters. The van der Waals surface area contributed by atoms with Gasteiger partial charge in [0.15, 0.2) is 0 Å². The second-order valence-corrected chi connectivity index (χ2v) is 5.29. The molecule has 0 aromatic rings. The van der Waals surface area contributed by atoms with Gasteiger partial charge in [0.05, 0.1) is 6.61 Å². The van der Waals surface area contributed by atoms with E-state index < -0.39 is 0 Å². The molecule has 1 aliphatic rings. The highest BCUT2D eigenvalue weighted by Gasteiger charge is 2.35. The van der Waals surface area contributed by atoms with Crippen molar-refractivity contribution in [2.24, 2.45) is 11.8 Å². The predicted molar refractivity (Wildman–Crippen MR) is 71.2 cm³/mol. The number of carbonyl (C=O) groups excluding carboxylic acids is 2. The van der Waals surface area contributed by atoms with Crippen molar-refractivity contribution < 1.29 is 14.3 Å². The Morgan fingerprint density at radius 2 is 2.06 bits per heavy atom. The summed E-state index contributed by atoms with van der Waals surface area (Å²) in [4.78, 5) is 23.4. The van der Waals surface area contributed by atoms with Gasteiger partial charge < -0.3 is 4.74 Å². The molecule has 0 aromatic heterocycles. The van der Waals surface area contributed by atoms with E-state index in [-0.39, 0.29) is 17.8 Å². The minimum absolute atomic E-state index is 0.116. The Morgan fingerprint density at radius 1 is 1.28 bits per heavy atom. The monoisotopic (exact) mass is 254 g/mol. The number of Topliss-reactive ketones (excluding diaryl/α,β-unsaturated/α-hetero) is 1. The second kappa shape index (κ2) is 8.28. The number of hydrogen-bond acceptors (Lipinski definition) is 3. The summed E-state index contributed by atoms with van der Waals surface area (Å²) in [5, 5.41) is 0. The van der Waals surface area contributed by atoms with E-state index >= 15 is 0 Å². The third kappa shape index (κ3) is 4.79. The molecule has 0 radical (unpaired) electrons. The molecule has 0 spiro atoms. The van der Waals surface area contributed by atoms with Gasteiger partial charge in [0.2, 0.25) is 0 Å². The Kier molecular flexibility index (Phi) is 6.99. The minimum atomic E-state index is -0.128. The fraction of sp³-hybridized carbons (Fsp3) is 0.867. The van der Waals surface area contributed by atoms with E-state index in [0.717, 1.165) is 25.7 Å². The third-order valence-corrected chi connectivity index (χ3v) is 3.76. The first-order chi connectivity index (χ1) is 8.69. The summed E-state index contributed by atoms with van der Waals surface area (Å²) in [7, 11) is 0. The molecule has 0 bridgehead atoms. The molecular formula is C15H26O3. The molecule has 18 heavy (non-hydrogen) atoms. The van der Waals surface area contributed by atoms with Crippen LogP contribution in [-0.4, -0.2) is 18.4 Å². The van der Waals surface area contributed by atoms with Crippen molar-refractivity contribution >= 4 is 11.8 Å². The van der Waals surface area contributed by atoms with Crippen molar-refractivity contribution in [2.75, 3.05) is 6.61 Å². The van der Waals surface area contributed by atoms with Gasteiger partial charge in [-0.1, -0.05) is 33.1 Å². The topological polar surface area (TPSA) is 43.4 Å². The number of hydrogen-bond donors (Lipinski definition) is 0. The van der Waals surface area contributed by atoms with Crippen LogP contribution >= 0.6 is 0 Å². The maximum atomic E-state index is 11.8. The van der Waals surface area contributed by atoms with Gasteiger partial charge in [0.25, 0.3) is 0 Å². The van der Waals surface area contributed by atoms with Crippen LogP contribution in [0.25, 0.3) is 0 Å². The minimum Gasteiger partial charge on any atom is -0.466 e. The summed E-state index contributed by atoms with van der Waals surface area (Å²) in [6.07, 6.45) is 7.23. The van der Waals surface area contributed by atoms with Crippen LogP contribution < -0.4 is 0 Å². The maximum Gasteiger partial charge on any atom is 0.306 e. The van der Waals surface area contributed by atoms with Gasteiger partial charge in [-0.2, -0.15) is 0 Å². The molecule has 3 heteroatoms. The zero-order chi connectivity index (χ0) is 13.4. The molecule has 0 amide bonds. The number of ketones is 1. The van der Waals surface area contributed by atoms with Crippen LogP contribution in [0.4, 0.5) is 0 Å². The number of unbranched alkanes of at least 4 members (excludes halogenated alkanes) is 2. The first kappa shape index (κ1) is 15.2. The van der Waals surface area contributed by atoms with Gasteiger partial charge in [-0.25, -0.2) is 0 Å². The van der Waals surface area contributed by atoms with E-state index in [1.165, 1.54) is 12.8 Å². The molecule has 0 heterocycles. The average Bonchev–Trinajstić information content (AvgIpc) is 2.69. The van der Waals surface area contributed by atoms with Crippen LogP contribution in [0.1, 0.15) is 65.2 Å². The number of rotatable bonds is 8. The SMILES string of the molecule is CCCCC[C@@H]1C(=O)CC[C@H]1CC(=O)OCCC. The van der Waals surface area contributed by atoms with E-state index in [2.05, 4.69) is 6.92 Å². The Hall–Kier alpha value is -0.860. The first-order valence-electron chi connectivity index (χ1n) is 7.37. The zero-order valence-electron chi connectivity index (χ0n) is 11.7. The molecule has 104 valence electrons. The normalized spacial score (nSPS) is 23.3. The van der Waals surface area contributed by atoms with Crippen LogP contribution in [0.5, 0.6) is 0 Å². The lowest BCUT2D eigenvalue weighted by atomic mass is 9.88. The number of esters is 1. The van der Waals surface area contributed by atoms with Crippen LogP contribution in [0.3, 0.4) is 0 Å². The summed E-state index contributed by atoms with van der Waals surface area (Å²) in [5.41, 5.74) is 0. The van der Waals surface area contributed by atoms with E-state index in [1.54, 1.807) is 0 Å². The molecule has 1 aliphatic carbocycles. The maximum absolute atomic E-state index is 11.8. The van der Waals surface area contributed by atoms with Gasteiger partial charge in [-0.15, -0.1) is 0 Å². The average molecular weight is 254 g/mol. The van der Waals surface area contributed by atoms with E-state index in [0.29, 0.717) is 25.2 Å². The van der Waals surface area contributed by atoms with Crippen molar-refractivity contribution in [3.8, 4) is 0 Å². The van der Waals surface area contributed by atoms with Crippen molar-refractivity contribution in [1.29, 1.82) is 0 Å². The highest BCUT2D eigenvalue weighted by Crippen LogP contribution is 2.35. The molecule has 0 aliphatic heterocycles. The smallest absolute Gasteiger partial charge is 0.306 e. The fourth-order valence-corrected chi connectivity index (χ4v) is 2.72. The van der Waals surface area contributed by atoms with Gasteiger partial charge in [-0.3, -0.25) is 9.59 Å². The standard InChI is InChI=1S/C15H26O3/c1-3-5-6-7-13-12(8-9-14(13)16)11-15(17)18-10-4-2/h12-13H,3-11H2,1-2H3/t12-,13-/m0/s1. The quantitative estimate of drug-likeness (QED) is 0.492. The van der Waals surface area contributed by atoms with Gasteiger partial charge >= 0.3 is 5.97 Å². The van der Waals surface area contributed by atoms with Crippen molar-refractivity contribution in [2.45, 2.75) is 65.2 Å². The van der Waals surface area contributed by atoms with Gasteiger partial charge in [-0.05, 0) is 25.2 Å². The Morgan fingerprint density at radius 3 is 2.72 bits per heavy atom. The summed E-state index contributed by atoms with van der Waals surface area (Å²) in [6, 6.07) is 0. The van der Waals surface area contributed by atoms with Gasteiger partial charge in [0, 0.05) is 18.8 Å². The molecule has 3 nitrogen and oxygen atoms in total. The van der Waals surface area contributed by atoms with Crippen LogP contribution in [0, 0.1) is 11.8 Å². The lowest BCUT2D eigenvalue weighted by molar-refractivity contribution is -0.145. The zero-order valence-corrected chi connectivity index (χ0v) is 11.7. The Balaban J connectivity index is 2.37. The molecule has 0 aromatic carbocycles. The predicted octanol–water partition coefficient (Wildman–Crippen LogP) is 3.51. The van der Waals surface area contributed by atoms with Crippen molar-refractivity contribution in [1.82, 2.24) is 0 Å². The molecule has 0 saturated heterocycles. The third-order valence-electron chi connectivity index (χ3n) is 3.76. The van der Waals surface area contributed by atoms with Crippen LogP contribution in [0.2, 0.25) is 0 Å². The fourth-order valence-electron chi connectivity index (χ4n) is 2.72. The van der Waals surface area contributed by atoms with Crippen LogP contribution in [0.15, 0.2) is 0 Å². The molecule has 0 N–H and O–H groups in total. The summed E-state index contributed by atoms with van der Waals surface area (Å²) < 4.78 is 5.11. The van der Waals surface area contributed by atoms with Crippen LogP contribution in [-0.2, 0) is 14.3 Å². The van der Waals surface area contributed by atoms with Gasteiger partial charge in [0.1, 0.15) is 5.78 Å².